The molecule has 0 spiro atoms. The molecule has 0 saturated heterocycles. The average Bonchev–Trinajstić information content (AvgIpc) is 1.77. The van der Waals surface area contributed by atoms with Gasteiger partial charge in [0.05, 0.1) is 5.41 Å². The normalized spacial score (nSPS) is 45.1. The Bertz CT molecular complexity index is 235. The summed E-state index contributed by atoms with van der Waals surface area (Å²) >= 11 is 0. The summed E-state index contributed by atoms with van der Waals surface area (Å²) in [6, 6.07) is 0. The van der Waals surface area contributed by atoms with Crippen LogP contribution in [0.1, 0.15) is 39.0 Å². The fraction of sp³-hybridized carbons (Fsp3) is 0.900. The summed E-state index contributed by atoms with van der Waals surface area (Å²) in [6.45, 7) is 1.51. The third-order valence-corrected chi connectivity index (χ3v) is 3.68. The van der Waals surface area contributed by atoms with Crippen molar-refractivity contribution in [1.29, 1.82) is 0 Å². The van der Waals surface area contributed by atoms with Crippen LogP contribution in [-0.4, -0.2) is 16.7 Å². The minimum Gasteiger partial charge on any atom is -0.481 e. The maximum Gasteiger partial charge on any atom is 0.310 e. The molecule has 74 valence electrons. The molecule has 2 rings (SSSR count). The van der Waals surface area contributed by atoms with Crippen LogP contribution >= 0.6 is 0 Å². The van der Waals surface area contributed by atoms with Crippen LogP contribution in [0, 0.1) is 11.3 Å². The van der Waals surface area contributed by atoms with Crippen LogP contribution in [0.4, 0.5) is 4.39 Å². The van der Waals surface area contributed by atoms with Crippen molar-refractivity contribution < 1.29 is 14.3 Å². The molecule has 2 aliphatic carbocycles. The van der Waals surface area contributed by atoms with Crippen LogP contribution in [0.25, 0.3) is 0 Å². The summed E-state index contributed by atoms with van der Waals surface area (Å²) in [6.07, 6.45) is 3.51. The molecule has 1 N–H and O–H groups in total. The largest absolute Gasteiger partial charge is 0.481 e. The number of aliphatic carboxylic acids is 1. The monoisotopic (exact) mass is 186 g/mol. The molecule has 2 nitrogen and oxygen atoms in total. The first-order valence-corrected chi connectivity index (χ1v) is 4.89. The van der Waals surface area contributed by atoms with E-state index in [1.54, 1.807) is 0 Å². The molecule has 0 heterocycles. The molecule has 3 heteroatoms. The first kappa shape index (κ1) is 8.97. The quantitative estimate of drug-likeness (QED) is 0.718. The van der Waals surface area contributed by atoms with Crippen molar-refractivity contribution >= 4 is 5.97 Å². The van der Waals surface area contributed by atoms with Gasteiger partial charge in [0.1, 0.15) is 5.67 Å². The van der Waals surface area contributed by atoms with Gasteiger partial charge in [0.25, 0.3) is 0 Å². The Morgan fingerprint density at radius 2 is 2.00 bits per heavy atom. The van der Waals surface area contributed by atoms with Crippen LogP contribution in [-0.2, 0) is 4.79 Å². The van der Waals surface area contributed by atoms with E-state index in [0.717, 1.165) is 19.3 Å². The van der Waals surface area contributed by atoms with Gasteiger partial charge in [-0.15, -0.1) is 0 Å². The lowest BCUT2D eigenvalue weighted by molar-refractivity contribution is -0.181. The number of halogens is 1. The summed E-state index contributed by atoms with van der Waals surface area (Å²) in [5.74, 6) is -0.541. The molecule has 0 amide bonds. The SMILES string of the molecule is CC1(F)CC(C(=O)O)(C2CCC2)C1. The zero-order valence-corrected chi connectivity index (χ0v) is 7.85. The van der Waals surface area contributed by atoms with Crippen molar-refractivity contribution in [1.82, 2.24) is 0 Å². The second-order valence-electron chi connectivity index (χ2n) is 4.86. The summed E-state index contributed by atoms with van der Waals surface area (Å²) < 4.78 is 13.3. The minimum atomic E-state index is -1.23. The van der Waals surface area contributed by atoms with Gasteiger partial charge >= 0.3 is 5.97 Å². The van der Waals surface area contributed by atoms with Crippen LogP contribution in [0.15, 0.2) is 0 Å². The summed E-state index contributed by atoms with van der Waals surface area (Å²) in [4.78, 5) is 11.1. The second kappa shape index (κ2) is 2.46. The van der Waals surface area contributed by atoms with Crippen LogP contribution in [0.2, 0.25) is 0 Å². The number of carboxylic acid groups (broad SMARTS) is 1. The fourth-order valence-electron chi connectivity index (χ4n) is 2.84. The maximum absolute atomic E-state index is 13.3. The van der Waals surface area contributed by atoms with Crippen molar-refractivity contribution in [3.05, 3.63) is 0 Å². The Balaban J connectivity index is 2.11. The maximum atomic E-state index is 13.3. The second-order valence-corrected chi connectivity index (χ2v) is 4.86. The first-order valence-electron chi connectivity index (χ1n) is 4.89. The van der Waals surface area contributed by atoms with Gasteiger partial charge in [-0.2, -0.15) is 0 Å². The fourth-order valence-corrected chi connectivity index (χ4v) is 2.84. The highest BCUT2D eigenvalue weighted by Gasteiger charge is 2.62. The van der Waals surface area contributed by atoms with Crippen molar-refractivity contribution in [3.8, 4) is 0 Å². The van der Waals surface area contributed by atoms with E-state index < -0.39 is 17.1 Å². The Morgan fingerprint density at radius 3 is 2.23 bits per heavy atom. The van der Waals surface area contributed by atoms with Gasteiger partial charge in [0.2, 0.25) is 0 Å². The molecule has 0 unspecified atom stereocenters. The summed E-state index contributed by atoms with van der Waals surface area (Å²) in [5, 5.41) is 9.08. The smallest absolute Gasteiger partial charge is 0.310 e. The molecule has 0 bridgehead atoms. The van der Waals surface area contributed by atoms with Crippen molar-refractivity contribution in [3.63, 3.8) is 0 Å². The number of hydrogen-bond donors (Lipinski definition) is 1. The Labute approximate surface area is 77.1 Å². The molecule has 0 aromatic heterocycles. The molecule has 0 atom stereocenters. The molecule has 2 saturated carbocycles. The highest BCUT2D eigenvalue weighted by molar-refractivity contribution is 5.77. The predicted octanol–water partition coefficient (Wildman–Crippen LogP) is 2.38. The molecule has 0 aromatic carbocycles. The van der Waals surface area contributed by atoms with Gasteiger partial charge in [-0.3, -0.25) is 4.79 Å². The van der Waals surface area contributed by atoms with Gasteiger partial charge in [-0.25, -0.2) is 4.39 Å². The number of alkyl halides is 1. The average molecular weight is 186 g/mol. The van der Waals surface area contributed by atoms with Crippen molar-refractivity contribution in [2.24, 2.45) is 11.3 Å². The van der Waals surface area contributed by atoms with E-state index in [2.05, 4.69) is 0 Å². The molecule has 2 aliphatic rings. The van der Waals surface area contributed by atoms with E-state index >= 15 is 0 Å². The van der Waals surface area contributed by atoms with E-state index in [1.165, 1.54) is 6.92 Å². The highest BCUT2D eigenvalue weighted by Crippen LogP contribution is 2.60. The summed E-state index contributed by atoms with van der Waals surface area (Å²) in [7, 11) is 0. The van der Waals surface area contributed by atoms with E-state index in [4.69, 9.17) is 5.11 Å². The van der Waals surface area contributed by atoms with Crippen LogP contribution in [0.5, 0.6) is 0 Å². The lowest BCUT2D eigenvalue weighted by Crippen LogP contribution is -2.57. The minimum absolute atomic E-state index is 0.222. The Kier molecular flexibility index (Phi) is 1.70. The molecule has 13 heavy (non-hydrogen) atoms. The number of carboxylic acids is 1. The van der Waals surface area contributed by atoms with Crippen molar-refractivity contribution in [2.45, 2.75) is 44.7 Å². The Morgan fingerprint density at radius 1 is 1.46 bits per heavy atom. The number of rotatable bonds is 2. The summed E-state index contributed by atoms with van der Waals surface area (Å²) in [5.41, 5.74) is -1.93. The highest BCUT2D eigenvalue weighted by atomic mass is 19.1. The third kappa shape index (κ3) is 1.17. The van der Waals surface area contributed by atoms with Crippen molar-refractivity contribution in [2.75, 3.05) is 0 Å². The van der Waals surface area contributed by atoms with E-state index in [-0.39, 0.29) is 18.8 Å². The first-order chi connectivity index (χ1) is 5.96. The molecule has 0 radical (unpaired) electrons. The standard InChI is InChI=1S/C10H15FO2/c1-9(11)5-10(6-9,8(12)13)7-3-2-4-7/h7H,2-6H2,1H3,(H,12,13). The molecular weight excluding hydrogens is 171 g/mol. The zero-order valence-electron chi connectivity index (χ0n) is 7.85. The molecular formula is C10H15FO2. The number of hydrogen-bond acceptors (Lipinski definition) is 1. The van der Waals surface area contributed by atoms with Crippen LogP contribution in [0.3, 0.4) is 0 Å². The third-order valence-electron chi connectivity index (χ3n) is 3.68. The lowest BCUT2D eigenvalue weighted by atomic mass is 9.50. The van der Waals surface area contributed by atoms with E-state index in [0.29, 0.717) is 0 Å². The van der Waals surface area contributed by atoms with Crippen LogP contribution < -0.4 is 0 Å². The molecule has 2 fully saturated rings. The van der Waals surface area contributed by atoms with Gasteiger partial charge < -0.3 is 5.11 Å². The van der Waals surface area contributed by atoms with Gasteiger partial charge in [-0.05, 0) is 38.5 Å². The van der Waals surface area contributed by atoms with Gasteiger partial charge in [0.15, 0.2) is 0 Å². The van der Waals surface area contributed by atoms with E-state index in [1.807, 2.05) is 0 Å². The molecule has 0 aromatic rings. The topological polar surface area (TPSA) is 37.3 Å². The van der Waals surface area contributed by atoms with Gasteiger partial charge in [0, 0.05) is 0 Å². The van der Waals surface area contributed by atoms with E-state index in [9.17, 15) is 9.18 Å². The molecule has 0 aliphatic heterocycles. The Hall–Kier alpha value is -0.600. The predicted molar refractivity (Wildman–Crippen MR) is 46.2 cm³/mol. The van der Waals surface area contributed by atoms with Gasteiger partial charge in [-0.1, -0.05) is 6.42 Å². The number of carbonyl (C=O) groups is 1. The zero-order chi connectivity index (χ0) is 9.69. The lowest BCUT2D eigenvalue weighted by Gasteiger charge is -2.54.